The standard InChI is InChI=1S/C21H29N5O.2ClH/c1-15(25-14-19(22)12-9-16-5-3-2-4-6-16)21(27)26-13-17-7-10-18(11-8-17)20(23)24;;/h2-8,10-11,15,19,25H,9,12-14,22H2,1H3,(H3,23,24)(H,26,27);2*1H/t15-,19+;;/m0../s1. The molecule has 0 heterocycles. The summed E-state index contributed by atoms with van der Waals surface area (Å²) in [5.74, 6) is -0.0343. The molecule has 2 aromatic rings. The van der Waals surface area contributed by atoms with Crippen molar-refractivity contribution in [2.24, 2.45) is 11.5 Å². The van der Waals surface area contributed by atoms with Crippen LogP contribution in [0.15, 0.2) is 54.6 Å². The molecular weight excluding hydrogens is 409 g/mol. The number of halogens is 2. The van der Waals surface area contributed by atoms with Crippen molar-refractivity contribution in [3.05, 3.63) is 71.3 Å². The van der Waals surface area contributed by atoms with Gasteiger partial charge >= 0.3 is 0 Å². The molecule has 0 saturated heterocycles. The normalized spacial score (nSPS) is 12.1. The second-order valence-corrected chi connectivity index (χ2v) is 6.74. The van der Waals surface area contributed by atoms with Crippen LogP contribution in [0.25, 0.3) is 0 Å². The van der Waals surface area contributed by atoms with E-state index in [4.69, 9.17) is 16.9 Å². The third-order valence-corrected chi connectivity index (χ3v) is 4.46. The Morgan fingerprint density at radius 3 is 2.24 bits per heavy atom. The first-order chi connectivity index (χ1) is 13.0. The van der Waals surface area contributed by atoms with Crippen LogP contribution in [-0.4, -0.2) is 30.4 Å². The molecule has 0 aliphatic rings. The number of nitrogen functional groups attached to an aromatic ring is 1. The van der Waals surface area contributed by atoms with Gasteiger partial charge in [0.1, 0.15) is 5.84 Å². The number of amides is 1. The second kappa shape index (κ2) is 14.0. The lowest BCUT2D eigenvalue weighted by Gasteiger charge is -2.18. The molecule has 6 nitrogen and oxygen atoms in total. The number of carbonyl (C=O) groups excluding carboxylic acids is 1. The van der Waals surface area contributed by atoms with E-state index in [9.17, 15) is 4.79 Å². The number of hydrogen-bond acceptors (Lipinski definition) is 4. The van der Waals surface area contributed by atoms with Gasteiger partial charge in [-0.15, -0.1) is 24.8 Å². The van der Waals surface area contributed by atoms with Crippen LogP contribution >= 0.6 is 24.8 Å². The number of carbonyl (C=O) groups is 1. The van der Waals surface area contributed by atoms with Crippen molar-refractivity contribution >= 4 is 36.6 Å². The Hall–Kier alpha value is -2.12. The highest BCUT2D eigenvalue weighted by atomic mass is 35.5. The summed E-state index contributed by atoms with van der Waals surface area (Å²) < 4.78 is 0. The number of benzene rings is 2. The van der Waals surface area contributed by atoms with Gasteiger partial charge in [-0.05, 0) is 30.9 Å². The van der Waals surface area contributed by atoms with E-state index in [-0.39, 0.29) is 48.6 Å². The van der Waals surface area contributed by atoms with Gasteiger partial charge in [0, 0.05) is 24.7 Å². The summed E-state index contributed by atoms with van der Waals surface area (Å²) in [7, 11) is 0. The predicted molar refractivity (Wildman–Crippen MR) is 124 cm³/mol. The fourth-order valence-corrected chi connectivity index (χ4v) is 2.66. The predicted octanol–water partition coefficient (Wildman–Crippen LogP) is 2.37. The summed E-state index contributed by atoms with van der Waals surface area (Å²) in [5.41, 5.74) is 14.5. The second-order valence-electron chi connectivity index (χ2n) is 6.74. The van der Waals surface area contributed by atoms with Crippen LogP contribution in [0.1, 0.15) is 30.0 Å². The van der Waals surface area contributed by atoms with E-state index >= 15 is 0 Å². The summed E-state index contributed by atoms with van der Waals surface area (Å²) in [6, 6.07) is 17.2. The molecule has 7 N–H and O–H groups in total. The molecule has 2 aromatic carbocycles. The van der Waals surface area contributed by atoms with Crippen molar-refractivity contribution in [3.8, 4) is 0 Å². The van der Waals surface area contributed by atoms with Crippen LogP contribution in [0, 0.1) is 5.41 Å². The maximum absolute atomic E-state index is 12.2. The summed E-state index contributed by atoms with van der Waals surface area (Å²) >= 11 is 0. The van der Waals surface area contributed by atoms with Gasteiger partial charge in [-0.1, -0.05) is 54.6 Å². The molecular formula is C21H31Cl2N5O. The third kappa shape index (κ3) is 9.76. The Morgan fingerprint density at radius 2 is 1.66 bits per heavy atom. The monoisotopic (exact) mass is 439 g/mol. The lowest BCUT2D eigenvalue weighted by atomic mass is 10.1. The van der Waals surface area contributed by atoms with E-state index in [0.717, 1.165) is 18.4 Å². The minimum atomic E-state index is -0.315. The van der Waals surface area contributed by atoms with Crippen LogP contribution < -0.4 is 22.1 Å². The Bertz CT molecular complexity index is 740. The number of rotatable bonds is 10. The quantitative estimate of drug-likeness (QED) is 0.288. The van der Waals surface area contributed by atoms with E-state index in [1.807, 2.05) is 37.3 Å². The van der Waals surface area contributed by atoms with E-state index in [1.54, 1.807) is 12.1 Å². The minimum absolute atomic E-state index is 0. The molecule has 2 rings (SSSR count). The molecule has 0 bridgehead atoms. The van der Waals surface area contributed by atoms with Gasteiger partial charge in [-0.25, -0.2) is 0 Å². The average Bonchev–Trinajstić information content (AvgIpc) is 2.69. The molecule has 2 atom stereocenters. The van der Waals surface area contributed by atoms with E-state index in [1.165, 1.54) is 5.56 Å². The maximum Gasteiger partial charge on any atom is 0.237 e. The third-order valence-electron chi connectivity index (χ3n) is 4.46. The van der Waals surface area contributed by atoms with Crippen LogP contribution in [0.3, 0.4) is 0 Å². The average molecular weight is 440 g/mol. The van der Waals surface area contributed by atoms with Crippen molar-refractivity contribution in [2.75, 3.05) is 6.54 Å². The van der Waals surface area contributed by atoms with Crippen LogP contribution in [0.2, 0.25) is 0 Å². The first kappa shape index (κ1) is 26.9. The zero-order chi connectivity index (χ0) is 19.6. The van der Waals surface area contributed by atoms with Crippen molar-refractivity contribution in [1.29, 1.82) is 5.41 Å². The summed E-state index contributed by atoms with van der Waals surface area (Å²) in [4.78, 5) is 12.2. The topological polar surface area (TPSA) is 117 Å². The SMILES string of the molecule is C[C@H](NC[C@H](N)CCc1ccccc1)C(=O)NCc1ccc(C(=N)N)cc1.Cl.Cl. The highest BCUT2D eigenvalue weighted by molar-refractivity contribution is 5.94. The zero-order valence-corrected chi connectivity index (χ0v) is 18.2. The van der Waals surface area contributed by atoms with Crippen molar-refractivity contribution in [3.63, 3.8) is 0 Å². The highest BCUT2D eigenvalue weighted by Crippen LogP contribution is 2.05. The number of amidine groups is 1. The molecule has 0 aliphatic heterocycles. The van der Waals surface area contributed by atoms with Gasteiger partial charge in [0.15, 0.2) is 0 Å². The van der Waals surface area contributed by atoms with Gasteiger partial charge < -0.3 is 22.1 Å². The molecule has 0 saturated carbocycles. The molecule has 0 aliphatic carbocycles. The van der Waals surface area contributed by atoms with Crippen LogP contribution in [-0.2, 0) is 17.8 Å². The maximum atomic E-state index is 12.2. The zero-order valence-electron chi connectivity index (χ0n) is 16.6. The molecule has 0 aromatic heterocycles. The number of nitrogens with two attached hydrogens (primary N) is 2. The molecule has 8 heteroatoms. The van der Waals surface area contributed by atoms with E-state index in [0.29, 0.717) is 18.7 Å². The fraction of sp³-hybridized carbons (Fsp3) is 0.333. The molecule has 0 unspecified atom stereocenters. The Kier molecular flexibility index (Phi) is 12.9. The highest BCUT2D eigenvalue weighted by Gasteiger charge is 2.13. The summed E-state index contributed by atoms with van der Waals surface area (Å²) in [6.07, 6.45) is 1.80. The van der Waals surface area contributed by atoms with Crippen LogP contribution in [0.4, 0.5) is 0 Å². The van der Waals surface area contributed by atoms with E-state index in [2.05, 4.69) is 22.8 Å². The Labute approximate surface area is 185 Å². The Balaban J connectivity index is 0.00000392. The molecule has 29 heavy (non-hydrogen) atoms. The van der Waals surface area contributed by atoms with Crippen molar-refractivity contribution in [1.82, 2.24) is 10.6 Å². The van der Waals surface area contributed by atoms with E-state index < -0.39 is 0 Å². The number of nitrogens with one attached hydrogen (secondary N) is 3. The van der Waals surface area contributed by atoms with Gasteiger partial charge in [-0.3, -0.25) is 10.2 Å². The smallest absolute Gasteiger partial charge is 0.237 e. The Morgan fingerprint density at radius 1 is 1.03 bits per heavy atom. The fourth-order valence-electron chi connectivity index (χ4n) is 2.66. The molecule has 0 radical (unpaired) electrons. The van der Waals surface area contributed by atoms with Crippen molar-refractivity contribution < 1.29 is 4.79 Å². The number of aryl methyl sites for hydroxylation is 1. The number of hydrogen-bond donors (Lipinski definition) is 5. The molecule has 1 amide bonds. The minimum Gasteiger partial charge on any atom is -0.384 e. The molecule has 0 spiro atoms. The van der Waals surface area contributed by atoms with Crippen LogP contribution in [0.5, 0.6) is 0 Å². The summed E-state index contributed by atoms with van der Waals surface area (Å²) in [6.45, 7) is 2.86. The van der Waals surface area contributed by atoms with Gasteiger partial charge in [-0.2, -0.15) is 0 Å². The van der Waals surface area contributed by atoms with Crippen molar-refractivity contribution in [2.45, 2.75) is 38.4 Å². The first-order valence-electron chi connectivity index (χ1n) is 9.19. The van der Waals surface area contributed by atoms with Gasteiger partial charge in [0.2, 0.25) is 5.91 Å². The lowest BCUT2D eigenvalue weighted by molar-refractivity contribution is -0.122. The van der Waals surface area contributed by atoms with Gasteiger partial charge in [0.25, 0.3) is 0 Å². The lowest BCUT2D eigenvalue weighted by Crippen LogP contribution is -2.46. The summed E-state index contributed by atoms with van der Waals surface area (Å²) in [5, 5.41) is 13.5. The first-order valence-corrected chi connectivity index (χ1v) is 9.19. The molecule has 160 valence electrons. The molecule has 0 fully saturated rings. The van der Waals surface area contributed by atoms with Gasteiger partial charge in [0.05, 0.1) is 6.04 Å². The largest absolute Gasteiger partial charge is 0.384 e.